The van der Waals surface area contributed by atoms with Crippen molar-refractivity contribution in [3.8, 4) is 0 Å². The van der Waals surface area contributed by atoms with Gasteiger partial charge in [-0.1, -0.05) is 6.92 Å². The molecule has 21 heavy (non-hydrogen) atoms. The minimum atomic E-state index is -0.296. The molecule has 0 aliphatic heterocycles. The van der Waals surface area contributed by atoms with Crippen LogP contribution < -0.4 is 5.32 Å². The Kier molecular flexibility index (Phi) is 4.02. The molecule has 2 aliphatic carbocycles. The van der Waals surface area contributed by atoms with Crippen LogP contribution >= 0.6 is 11.3 Å². The van der Waals surface area contributed by atoms with Gasteiger partial charge < -0.3 is 10.1 Å². The van der Waals surface area contributed by atoms with Crippen molar-refractivity contribution >= 4 is 28.2 Å². The second-order valence-corrected chi connectivity index (χ2v) is 7.15. The van der Waals surface area contributed by atoms with Gasteiger partial charge in [0.1, 0.15) is 5.00 Å². The zero-order chi connectivity index (χ0) is 15.0. The lowest BCUT2D eigenvalue weighted by Crippen LogP contribution is -2.17. The number of rotatable bonds is 4. The summed E-state index contributed by atoms with van der Waals surface area (Å²) in [4.78, 5) is 25.5. The SMILES string of the molecule is CCOC(=O)c1c(NC(=O)C2CC2)sc2c1CC[C@H](C)C2. The van der Waals surface area contributed by atoms with Crippen molar-refractivity contribution in [2.75, 3.05) is 11.9 Å². The minimum Gasteiger partial charge on any atom is -0.462 e. The maximum atomic E-state index is 12.3. The first-order chi connectivity index (χ1) is 10.1. The molecule has 1 fully saturated rings. The van der Waals surface area contributed by atoms with Gasteiger partial charge in [0.15, 0.2) is 0 Å². The van der Waals surface area contributed by atoms with Gasteiger partial charge in [0.2, 0.25) is 5.91 Å². The van der Waals surface area contributed by atoms with Crippen LogP contribution in [0.4, 0.5) is 5.00 Å². The molecule has 5 heteroatoms. The van der Waals surface area contributed by atoms with Gasteiger partial charge in [0.25, 0.3) is 0 Å². The number of hydrogen-bond acceptors (Lipinski definition) is 4. The number of fused-ring (bicyclic) bond motifs is 1. The number of ether oxygens (including phenoxy) is 1. The Bertz CT molecular complexity index is 574. The Hall–Kier alpha value is -1.36. The molecule has 1 atom stereocenters. The van der Waals surface area contributed by atoms with Crippen LogP contribution in [0.5, 0.6) is 0 Å². The molecule has 0 bridgehead atoms. The largest absolute Gasteiger partial charge is 0.462 e. The van der Waals surface area contributed by atoms with Crippen LogP contribution in [-0.4, -0.2) is 18.5 Å². The highest BCUT2D eigenvalue weighted by Crippen LogP contribution is 2.41. The smallest absolute Gasteiger partial charge is 0.341 e. The highest BCUT2D eigenvalue weighted by molar-refractivity contribution is 7.17. The molecule has 1 heterocycles. The first-order valence-electron chi connectivity index (χ1n) is 7.72. The van der Waals surface area contributed by atoms with Crippen LogP contribution in [0.2, 0.25) is 0 Å². The van der Waals surface area contributed by atoms with Crippen molar-refractivity contribution in [3.05, 3.63) is 16.0 Å². The summed E-state index contributed by atoms with van der Waals surface area (Å²) < 4.78 is 5.19. The van der Waals surface area contributed by atoms with Gasteiger partial charge in [0, 0.05) is 10.8 Å². The molecule has 2 aliphatic rings. The van der Waals surface area contributed by atoms with E-state index in [1.54, 1.807) is 18.3 Å². The van der Waals surface area contributed by atoms with E-state index in [0.717, 1.165) is 37.7 Å². The van der Waals surface area contributed by atoms with Gasteiger partial charge in [-0.05, 0) is 50.5 Å². The molecule has 1 N–H and O–H groups in total. The van der Waals surface area contributed by atoms with E-state index < -0.39 is 0 Å². The van der Waals surface area contributed by atoms with E-state index in [0.29, 0.717) is 23.1 Å². The summed E-state index contributed by atoms with van der Waals surface area (Å²) in [5, 5.41) is 3.66. The maximum absolute atomic E-state index is 12.3. The molecule has 1 amide bonds. The molecular formula is C16H21NO3S. The Balaban J connectivity index is 1.92. The molecule has 1 saturated carbocycles. The van der Waals surface area contributed by atoms with E-state index in [9.17, 15) is 9.59 Å². The van der Waals surface area contributed by atoms with Crippen LogP contribution in [0, 0.1) is 11.8 Å². The molecule has 3 rings (SSSR count). The number of amides is 1. The fourth-order valence-electron chi connectivity index (χ4n) is 2.82. The van der Waals surface area contributed by atoms with E-state index in [-0.39, 0.29) is 17.8 Å². The minimum absolute atomic E-state index is 0.0483. The summed E-state index contributed by atoms with van der Waals surface area (Å²) in [6.07, 6.45) is 4.91. The van der Waals surface area contributed by atoms with Crippen molar-refractivity contribution in [2.24, 2.45) is 11.8 Å². The third kappa shape index (κ3) is 2.98. The summed E-state index contributed by atoms with van der Waals surface area (Å²) in [6.45, 7) is 4.40. The lowest BCUT2D eigenvalue weighted by Gasteiger charge is -2.18. The molecule has 0 radical (unpaired) electrons. The van der Waals surface area contributed by atoms with E-state index >= 15 is 0 Å². The molecule has 1 aromatic heterocycles. The van der Waals surface area contributed by atoms with Crippen molar-refractivity contribution in [3.63, 3.8) is 0 Å². The van der Waals surface area contributed by atoms with Crippen LogP contribution in [0.3, 0.4) is 0 Å². The molecule has 114 valence electrons. The predicted octanol–water partition coefficient (Wildman–Crippen LogP) is 3.40. The quantitative estimate of drug-likeness (QED) is 0.867. The summed E-state index contributed by atoms with van der Waals surface area (Å²) in [7, 11) is 0. The summed E-state index contributed by atoms with van der Waals surface area (Å²) in [5.41, 5.74) is 1.71. The van der Waals surface area contributed by atoms with Crippen LogP contribution in [0.15, 0.2) is 0 Å². The molecule has 0 saturated heterocycles. The van der Waals surface area contributed by atoms with Gasteiger partial charge in [-0.3, -0.25) is 4.79 Å². The van der Waals surface area contributed by atoms with E-state index in [1.807, 2.05) is 0 Å². The Morgan fingerprint density at radius 3 is 2.76 bits per heavy atom. The maximum Gasteiger partial charge on any atom is 0.341 e. The molecule has 1 aromatic rings. The van der Waals surface area contributed by atoms with Crippen molar-refractivity contribution in [1.82, 2.24) is 0 Å². The molecule has 0 unspecified atom stereocenters. The second-order valence-electron chi connectivity index (χ2n) is 6.04. The second kappa shape index (κ2) is 5.79. The van der Waals surface area contributed by atoms with Crippen molar-refractivity contribution in [2.45, 2.75) is 46.0 Å². The third-order valence-corrected chi connectivity index (χ3v) is 5.35. The topological polar surface area (TPSA) is 55.4 Å². The van der Waals surface area contributed by atoms with Gasteiger partial charge in [-0.25, -0.2) is 4.79 Å². The van der Waals surface area contributed by atoms with E-state index in [1.165, 1.54) is 4.88 Å². The number of thiophene rings is 1. The van der Waals surface area contributed by atoms with Crippen LogP contribution in [-0.2, 0) is 22.4 Å². The van der Waals surface area contributed by atoms with Crippen molar-refractivity contribution in [1.29, 1.82) is 0 Å². The van der Waals surface area contributed by atoms with E-state index in [4.69, 9.17) is 4.74 Å². The highest BCUT2D eigenvalue weighted by Gasteiger charge is 2.33. The monoisotopic (exact) mass is 307 g/mol. The first kappa shape index (κ1) is 14.6. The number of carbonyl (C=O) groups excluding carboxylic acids is 2. The molecular weight excluding hydrogens is 286 g/mol. The van der Waals surface area contributed by atoms with E-state index in [2.05, 4.69) is 12.2 Å². The summed E-state index contributed by atoms with van der Waals surface area (Å²) in [5.74, 6) is 0.527. The van der Waals surface area contributed by atoms with Gasteiger partial charge in [-0.2, -0.15) is 0 Å². The highest BCUT2D eigenvalue weighted by atomic mass is 32.1. The zero-order valence-electron chi connectivity index (χ0n) is 12.5. The van der Waals surface area contributed by atoms with Gasteiger partial charge in [-0.15, -0.1) is 11.3 Å². The first-order valence-corrected chi connectivity index (χ1v) is 8.54. The summed E-state index contributed by atoms with van der Waals surface area (Å²) >= 11 is 1.56. The summed E-state index contributed by atoms with van der Waals surface area (Å²) in [6, 6.07) is 0. The standard InChI is InChI=1S/C16H21NO3S/c1-3-20-16(19)13-11-7-4-9(2)8-12(11)21-15(13)17-14(18)10-5-6-10/h9-10H,3-8H2,1-2H3,(H,17,18)/t9-/m0/s1. The lowest BCUT2D eigenvalue weighted by atomic mass is 9.88. The number of anilines is 1. The zero-order valence-corrected chi connectivity index (χ0v) is 13.3. The normalized spacial score (nSPS) is 20.8. The molecule has 4 nitrogen and oxygen atoms in total. The van der Waals surface area contributed by atoms with Crippen LogP contribution in [0.25, 0.3) is 0 Å². The Labute approximate surface area is 128 Å². The molecule has 0 aromatic carbocycles. The Morgan fingerprint density at radius 1 is 1.33 bits per heavy atom. The lowest BCUT2D eigenvalue weighted by molar-refractivity contribution is -0.117. The average molecular weight is 307 g/mol. The Morgan fingerprint density at radius 2 is 2.10 bits per heavy atom. The number of carbonyl (C=O) groups is 2. The fraction of sp³-hybridized carbons (Fsp3) is 0.625. The average Bonchev–Trinajstić information content (AvgIpc) is 3.21. The van der Waals surface area contributed by atoms with Crippen LogP contribution in [0.1, 0.15) is 53.9 Å². The van der Waals surface area contributed by atoms with Gasteiger partial charge in [0.05, 0.1) is 12.2 Å². The fourth-order valence-corrected chi connectivity index (χ4v) is 4.22. The predicted molar refractivity (Wildman–Crippen MR) is 82.8 cm³/mol. The number of nitrogens with one attached hydrogen (secondary N) is 1. The van der Waals surface area contributed by atoms with Crippen molar-refractivity contribution < 1.29 is 14.3 Å². The third-order valence-electron chi connectivity index (χ3n) is 4.18. The van der Waals surface area contributed by atoms with Gasteiger partial charge >= 0.3 is 5.97 Å². The number of esters is 1. The molecule has 0 spiro atoms. The number of hydrogen-bond donors (Lipinski definition) is 1.